The number of hydrogen-bond donors (Lipinski definition) is 2. The van der Waals surface area contributed by atoms with E-state index in [2.05, 4.69) is 20.4 Å². The van der Waals surface area contributed by atoms with Crippen molar-refractivity contribution in [3.63, 3.8) is 0 Å². The van der Waals surface area contributed by atoms with Crippen molar-refractivity contribution < 1.29 is 4.79 Å². The molecule has 3 aromatic heterocycles. The van der Waals surface area contributed by atoms with Crippen molar-refractivity contribution >= 4 is 23.1 Å². The summed E-state index contributed by atoms with van der Waals surface area (Å²) in [7, 11) is 0. The number of aryl methyl sites for hydroxylation is 1. The van der Waals surface area contributed by atoms with Crippen molar-refractivity contribution in [2.75, 3.05) is 5.32 Å². The van der Waals surface area contributed by atoms with Crippen LogP contribution in [0, 0.1) is 0 Å². The molecule has 2 N–H and O–H groups in total. The SMILES string of the molecule is O=C(Cc1ccccc1)Nc1cc(-c2cccs2)nn1-c1nc2c(c(=O)[nH]1)CCC2. The number of fused-ring (bicyclic) bond motifs is 1. The molecule has 0 saturated heterocycles. The summed E-state index contributed by atoms with van der Waals surface area (Å²) in [6.45, 7) is 0. The van der Waals surface area contributed by atoms with Crippen LogP contribution in [0.5, 0.6) is 0 Å². The average molecular weight is 417 g/mol. The molecule has 1 aromatic carbocycles. The lowest BCUT2D eigenvalue weighted by Gasteiger charge is -2.09. The van der Waals surface area contributed by atoms with E-state index in [4.69, 9.17) is 0 Å². The summed E-state index contributed by atoms with van der Waals surface area (Å²) in [5.41, 5.74) is 3.05. The maximum absolute atomic E-state index is 12.7. The lowest BCUT2D eigenvalue weighted by molar-refractivity contribution is -0.115. The summed E-state index contributed by atoms with van der Waals surface area (Å²) in [6.07, 6.45) is 2.70. The van der Waals surface area contributed by atoms with Gasteiger partial charge in [0.25, 0.3) is 5.56 Å². The molecule has 4 aromatic rings. The highest BCUT2D eigenvalue weighted by molar-refractivity contribution is 7.13. The average Bonchev–Trinajstić information content (AvgIpc) is 3.49. The van der Waals surface area contributed by atoms with Crippen LogP contribution in [0.15, 0.2) is 58.7 Å². The first-order valence-corrected chi connectivity index (χ1v) is 10.7. The second-order valence-electron chi connectivity index (χ2n) is 7.18. The normalized spacial score (nSPS) is 12.7. The van der Waals surface area contributed by atoms with Gasteiger partial charge in [0.1, 0.15) is 11.5 Å². The van der Waals surface area contributed by atoms with Gasteiger partial charge in [0.2, 0.25) is 11.9 Å². The number of nitrogens with one attached hydrogen (secondary N) is 2. The second-order valence-corrected chi connectivity index (χ2v) is 8.13. The van der Waals surface area contributed by atoms with Crippen LogP contribution in [0.4, 0.5) is 5.82 Å². The number of carbonyl (C=O) groups excluding carboxylic acids is 1. The van der Waals surface area contributed by atoms with Gasteiger partial charge in [-0.15, -0.1) is 11.3 Å². The van der Waals surface area contributed by atoms with Crippen LogP contribution in [0.3, 0.4) is 0 Å². The number of benzene rings is 1. The van der Waals surface area contributed by atoms with Crippen molar-refractivity contribution in [2.45, 2.75) is 25.7 Å². The van der Waals surface area contributed by atoms with Crippen LogP contribution in [0.1, 0.15) is 23.2 Å². The van der Waals surface area contributed by atoms with E-state index in [1.807, 2.05) is 53.9 Å². The summed E-state index contributed by atoms with van der Waals surface area (Å²) in [4.78, 5) is 33.6. The Morgan fingerprint density at radius 3 is 2.83 bits per heavy atom. The number of aromatic amines is 1. The molecule has 3 heterocycles. The van der Waals surface area contributed by atoms with E-state index in [0.29, 0.717) is 17.5 Å². The zero-order chi connectivity index (χ0) is 20.5. The fourth-order valence-electron chi connectivity index (χ4n) is 3.67. The first kappa shape index (κ1) is 18.5. The number of aromatic nitrogens is 4. The van der Waals surface area contributed by atoms with Gasteiger partial charge >= 0.3 is 0 Å². The first-order valence-electron chi connectivity index (χ1n) is 9.77. The van der Waals surface area contributed by atoms with E-state index in [9.17, 15) is 9.59 Å². The molecule has 5 rings (SSSR count). The van der Waals surface area contributed by atoms with Gasteiger partial charge in [0.05, 0.1) is 17.0 Å². The highest BCUT2D eigenvalue weighted by atomic mass is 32.1. The Labute approximate surface area is 176 Å². The molecule has 1 aliphatic carbocycles. The minimum atomic E-state index is -0.163. The standard InChI is InChI=1S/C22H19N5O2S/c28-20(12-14-6-2-1-3-7-14)24-19-13-17(18-10-5-11-30-18)26-27(19)22-23-16-9-4-8-15(16)21(29)25-22/h1-3,5-7,10-11,13H,4,8-9,12H2,(H,24,28)(H,23,25,29). The van der Waals surface area contributed by atoms with E-state index in [1.165, 1.54) is 4.68 Å². The summed E-state index contributed by atoms with van der Waals surface area (Å²) in [5, 5.41) is 9.53. The highest BCUT2D eigenvalue weighted by Crippen LogP contribution is 2.28. The van der Waals surface area contributed by atoms with Crippen LogP contribution >= 0.6 is 11.3 Å². The molecule has 0 aliphatic heterocycles. The lowest BCUT2D eigenvalue weighted by atomic mass is 10.1. The van der Waals surface area contributed by atoms with Crippen LogP contribution < -0.4 is 10.9 Å². The minimum absolute atomic E-state index is 0.137. The predicted molar refractivity (Wildman–Crippen MR) is 116 cm³/mol. The van der Waals surface area contributed by atoms with Crippen molar-refractivity contribution in [1.82, 2.24) is 19.7 Å². The van der Waals surface area contributed by atoms with Gasteiger partial charge < -0.3 is 5.32 Å². The molecular formula is C22H19N5O2S. The fourth-order valence-corrected chi connectivity index (χ4v) is 4.35. The highest BCUT2D eigenvalue weighted by Gasteiger charge is 2.21. The zero-order valence-electron chi connectivity index (χ0n) is 16.1. The van der Waals surface area contributed by atoms with Gasteiger partial charge in [-0.1, -0.05) is 36.4 Å². The Morgan fingerprint density at radius 2 is 2.03 bits per heavy atom. The van der Waals surface area contributed by atoms with Gasteiger partial charge in [-0.25, -0.2) is 4.98 Å². The molecule has 1 aliphatic rings. The number of thiophene rings is 1. The topological polar surface area (TPSA) is 92.7 Å². The number of nitrogens with zero attached hydrogens (tertiary/aromatic N) is 3. The van der Waals surface area contributed by atoms with E-state index >= 15 is 0 Å². The van der Waals surface area contributed by atoms with Crippen molar-refractivity contribution in [2.24, 2.45) is 0 Å². The Kier molecular flexibility index (Phi) is 4.76. The maximum Gasteiger partial charge on any atom is 0.255 e. The number of anilines is 1. The predicted octanol–water partition coefficient (Wildman–Crippen LogP) is 3.35. The molecule has 150 valence electrons. The first-order chi connectivity index (χ1) is 14.7. The van der Waals surface area contributed by atoms with Crippen molar-refractivity contribution in [1.29, 1.82) is 0 Å². The summed E-state index contributed by atoms with van der Waals surface area (Å²) in [5.74, 6) is 0.627. The third-order valence-electron chi connectivity index (χ3n) is 5.09. The van der Waals surface area contributed by atoms with E-state index in [1.54, 1.807) is 11.3 Å². The fraction of sp³-hybridized carbons (Fsp3) is 0.182. The molecule has 1 amide bonds. The third kappa shape index (κ3) is 3.57. The largest absolute Gasteiger partial charge is 0.310 e. The molecule has 0 saturated carbocycles. The third-order valence-corrected chi connectivity index (χ3v) is 5.98. The van der Waals surface area contributed by atoms with Crippen LogP contribution in [-0.2, 0) is 24.1 Å². The smallest absolute Gasteiger partial charge is 0.255 e. The molecule has 0 radical (unpaired) electrons. The van der Waals surface area contributed by atoms with Gasteiger partial charge in [0.15, 0.2) is 0 Å². The number of amides is 1. The maximum atomic E-state index is 12.7. The van der Waals surface area contributed by atoms with Crippen LogP contribution in [0.25, 0.3) is 16.5 Å². The molecule has 7 nitrogen and oxygen atoms in total. The van der Waals surface area contributed by atoms with Crippen LogP contribution in [0.2, 0.25) is 0 Å². The van der Waals surface area contributed by atoms with Crippen molar-refractivity contribution in [3.05, 3.63) is 81.1 Å². The summed E-state index contributed by atoms with van der Waals surface area (Å²) >= 11 is 1.56. The quantitative estimate of drug-likeness (QED) is 0.521. The molecule has 0 spiro atoms. The molecule has 30 heavy (non-hydrogen) atoms. The summed E-state index contributed by atoms with van der Waals surface area (Å²) < 4.78 is 1.51. The Bertz CT molecular complexity index is 1260. The number of rotatable bonds is 5. The van der Waals surface area contributed by atoms with Gasteiger partial charge in [-0.3, -0.25) is 14.6 Å². The Balaban J connectivity index is 1.52. The molecule has 8 heteroatoms. The molecular weight excluding hydrogens is 398 g/mol. The Hall–Kier alpha value is -3.52. The van der Waals surface area contributed by atoms with Gasteiger partial charge in [-0.2, -0.15) is 9.78 Å². The second kappa shape index (κ2) is 7.72. The van der Waals surface area contributed by atoms with Gasteiger partial charge in [-0.05, 0) is 36.3 Å². The zero-order valence-corrected chi connectivity index (χ0v) is 16.9. The number of carbonyl (C=O) groups is 1. The monoisotopic (exact) mass is 417 g/mol. The Morgan fingerprint density at radius 1 is 1.17 bits per heavy atom. The van der Waals surface area contributed by atoms with E-state index in [0.717, 1.165) is 41.0 Å². The summed E-state index contributed by atoms with van der Waals surface area (Å²) in [6, 6.07) is 15.3. The minimum Gasteiger partial charge on any atom is -0.310 e. The molecule has 0 fully saturated rings. The van der Waals surface area contributed by atoms with Crippen molar-refractivity contribution in [3.8, 4) is 16.5 Å². The van der Waals surface area contributed by atoms with E-state index in [-0.39, 0.29) is 17.9 Å². The lowest BCUT2D eigenvalue weighted by Crippen LogP contribution is -2.21. The van der Waals surface area contributed by atoms with E-state index < -0.39 is 0 Å². The molecule has 0 bridgehead atoms. The molecule has 0 atom stereocenters. The van der Waals surface area contributed by atoms with Crippen LogP contribution in [-0.4, -0.2) is 25.7 Å². The number of hydrogen-bond acceptors (Lipinski definition) is 5. The molecule has 0 unspecified atom stereocenters. The van der Waals surface area contributed by atoms with Gasteiger partial charge in [0, 0.05) is 11.6 Å². The number of H-pyrrole nitrogens is 1.